The minimum Gasteiger partial charge on any atom is -0.460 e. The molecule has 0 saturated heterocycles. The van der Waals surface area contributed by atoms with Crippen LogP contribution in [-0.2, 0) is 14.3 Å². The minimum atomic E-state index is -0.876. The Bertz CT molecular complexity index is 476. The predicted molar refractivity (Wildman–Crippen MR) is 58.2 cm³/mol. The van der Waals surface area contributed by atoms with Crippen molar-refractivity contribution in [1.82, 2.24) is 0 Å². The maximum absolute atomic E-state index is 11.4. The highest BCUT2D eigenvalue weighted by atomic mass is 32.1. The van der Waals surface area contributed by atoms with Gasteiger partial charge in [-0.05, 0) is 30.9 Å². The predicted octanol–water partition coefficient (Wildman–Crippen LogP) is 1.04. The Balaban J connectivity index is 2.81. The van der Waals surface area contributed by atoms with E-state index in [1.807, 2.05) is 0 Å². The van der Waals surface area contributed by atoms with Crippen LogP contribution >= 0.6 is 11.3 Å². The molecule has 0 N–H and O–H groups in total. The van der Waals surface area contributed by atoms with Crippen LogP contribution in [0.1, 0.15) is 21.5 Å². The highest BCUT2D eigenvalue weighted by molar-refractivity contribution is 7.15. The van der Waals surface area contributed by atoms with Crippen molar-refractivity contribution in [2.45, 2.75) is 6.92 Å². The molecule has 0 radical (unpaired) electrons. The molecule has 0 fully saturated rings. The highest BCUT2D eigenvalue weighted by Crippen LogP contribution is 2.16. The van der Waals surface area contributed by atoms with Crippen molar-refractivity contribution in [1.29, 1.82) is 0 Å². The Kier molecular flexibility index (Phi) is 4.42. The summed E-state index contributed by atoms with van der Waals surface area (Å²) in [6, 6.07) is 3.06. The van der Waals surface area contributed by atoms with Crippen LogP contribution in [0.2, 0.25) is 0 Å². The lowest BCUT2D eigenvalue weighted by Crippen LogP contribution is -2.16. The van der Waals surface area contributed by atoms with Crippen molar-refractivity contribution >= 4 is 29.4 Å². The molecule has 5 heteroatoms. The molecule has 0 aliphatic heterocycles. The van der Waals surface area contributed by atoms with E-state index in [9.17, 15) is 14.4 Å². The Labute approximate surface area is 96.2 Å². The highest BCUT2D eigenvalue weighted by Gasteiger charge is 2.18. The van der Waals surface area contributed by atoms with Gasteiger partial charge >= 0.3 is 5.97 Å². The van der Waals surface area contributed by atoms with Crippen molar-refractivity contribution in [2.75, 3.05) is 6.61 Å². The molecule has 0 aromatic carbocycles. The van der Waals surface area contributed by atoms with E-state index in [-0.39, 0.29) is 11.5 Å². The summed E-state index contributed by atoms with van der Waals surface area (Å²) >= 11 is 1.05. The maximum Gasteiger partial charge on any atom is 0.380 e. The number of hydrogen-bond acceptors (Lipinski definition) is 5. The lowest BCUT2D eigenvalue weighted by atomic mass is 10.3. The maximum atomic E-state index is 11.4. The molecule has 0 bridgehead atoms. The topological polar surface area (TPSA) is 60.4 Å². The van der Waals surface area contributed by atoms with E-state index in [1.54, 1.807) is 13.0 Å². The van der Waals surface area contributed by atoms with Gasteiger partial charge in [0.2, 0.25) is 0 Å². The zero-order chi connectivity index (χ0) is 12.0. The zero-order valence-corrected chi connectivity index (χ0v) is 9.30. The molecule has 1 aromatic rings. The molecule has 0 aliphatic rings. The summed E-state index contributed by atoms with van der Waals surface area (Å²) in [7, 11) is 0. The van der Waals surface area contributed by atoms with Crippen LogP contribution in [0.3, 0.4) is 0 Å². The van der Waals surface area contributed by atoms with Gasteiger partial charge in [0.05, 0.1) is 16.4 Å². The summed E-state index contributed by atoms with van der Waals surface area (Å²) in [5.41, 5.74) is 0. The Morgan fingerprint density at radius 1 is 1.50 bits per heavy atom. The number of hydrogen-bond donors (Lipinski definition) is 0. The minimum absolute atomic E-state index is 0.160. The zero-order valence-electron chi connectivity index (χ0n) is 8.48. The van der Waals surface area contributed by atoms with Gasteiger partial charge in [-0.2, -0.15) is 0 Å². The van der Waals surface area contributed by atoms with Gasteiger partial charge in [-0.1, -0.05) is 0 Å². The first kappa shape index (κ1) is 12.1. The van der Waals surface area contributed by atoms with Crippen molar-refractivity contribution in [2.24, 2.45) is 0 Å². The molecule has 0 amide bonds. The van der Waals surface area contributed by atoms with Gasteiger partial charge in [-0.3, -0.25) is 9.59 Å². The monoisotopic (exact) mass is 236 g/mol. The summed E-state index contributed by atoms with van der Waals surface area (Å²) < 4.78 is 4.57. The SMILES string of the molecule is CCOC(=O)C(=O)c1ccc(C#CC=O)s1. The van der Waals surface area contributed by atoms with Crippen LogP contribution < -0.4 is 0 Å². The van der Waals surface area contributed by atoms with Crippen molar-refractivity contribution in [3.8, 4) is 11.8 Å². The van der Waals surface area contributed by atoms with Crippen LogP contribution in [0.4, 0.5) is 0 Å². The van der Waals surface area contributed by atoms with Crippen LogP contribution in [-0.4, -0.2) is 24.6 Å². The first-order valence-electron chi connectivity index (χ1n) is 4.45. The third-order valence-corrected chi connectivity index (χ3v) is 2.54. The van der Waals surface area contributed by atoms with E-state index in [0.29, 0.717) is 11.2 Å². The van der Waals surface area contributed by atoms with Crippen LogP contribution in [0.15, 0.2) is 12.1 Å². The number of ketones is 1. The van der Waals surface area contributed by atoms with Gasteiger partial charge < -0.3 is 4.74 Å². The Morgan fingerprint density at radius 3 is 2.88 bits per heavy atom. The van der Waals surface area contributed by atoms with Crippen LogP contribution in [0.5, 0.6) is 0 Å². The van der Waals surface area contributed by atoms with Gasteiger partial charge in [0.15, 0.2) is 6.29 Å². The molecular weight excluding hydrogens is 228 g/mol. The van der Waals surface area contributed by atoms with Gasteiger partial charge in [0.1, 0.15) is 0 Å². The molecule has 0 aliphatic carbocycles. The Morgan fingerprint density at radius 2 is 2.25 bits per heavy atom. The summed E-state index contributed by atoms with van der Waals surface area (Å²) in [4.78, 5) is 33.4. The number of ether oxygens (including phenoxy) is 1. The largest absolute Gasteiger partial charge is 0.460 e. The summed E-state index contributed by atoms with van der Waals surface area (Å²) in [6.07, 6.45) is 0.465. The number of carbonyl (C=O) groups is 3. The van der Waals surface area contributed by atoms with Gasteiger partial charge in [-0.25, -0.2) is 4.79 Å². The molecule has 0 atom stereocenters. The average molecular weight is 236 g/mol. The number of carbonyl (C=O) groups excluding carboxylic acids is 3. The fourth-order valence-corrected chi connectivity index (χ4v) is 1.72. The van der Waals surface area contributed by atoms with Crippen molar-refractivity contribution < 1.29 is 19.1 Å². The number of esters is 1. The van der Waals surface area contributed by atoms with Gasteiger partial charge in [0.25, 0.3) is 5.78 Å². The number of thiophene rings is 1. The van der Waals surface area contributed by atoms with E-state index < -0.39 is 11.8 Å². The fourth-order valence-electron chi connectivity index (χ4n) is 0.925. The lowest BCUT2D eigenvalue weighted by Gasteiger charge is -1.96. The molecular formula is C11H8O4S. The van der Waals surface area contributed by atoms with E-state index >= 15 is 0 Å². The lowest BCUT2D eigenvalue weighted by molar-refractivity contribution is -0.137. The summed E-state index contributed by atoms with van der Waals surface area (Å²) in [6.45, 7) is 1.79. The summed E-state index contributed by atoms with van der Waals surface area (Å²) in [5.74, 6) is 3.20. The second-order valence-electron chi connectivity index (χ2n) is 2.60. The first-order chi connectivity index (χ1) is 7.69. The van der Waals surface area contributed by atoms with E-state index in [1.165, 1.54) is 6.07 Å². The summed E-state index contributed by atoms with van der Waals surface area (Å²) in [5, 5.41) is 0. The number of Topliss-reactive ketones (excluding diaryl/α,β-unsaturated/α-hetero) is 1. The molecule has 0 spiro atoms. The molecule has 1 heterocycles. The standard InChI is InChI=1S/C11H8O4S/c1-2-15-11(14)10(13)9-6-5-8(16-9)4-3-7-12/h5-7H,2H2,1H3. The van der Waals surface area contributed by atoms with Crippen LogP contribution in [0.25, 0.3) is 0 Å². The molecule has 16 heavy (non-hydrogen) atoms. The number of aldehydes is 1. The molecule has 1 rings (SSSR count). The van der Waals surface area contributed by atoms with E-state index in [2.05, 4.69) is 16.6 Å². The third-order valence-electron chi connectivity index (χ3n) is 1.54. The Hall–Kier alpha value is -1.93. The molecule has 0 saturated carbocycles. The van der Waals surface area contributed by atoms with E-state index in [0.717, 1.165) is 11.3 Å². The molecule has 1 aromatic heterocycles. The molecule has 4 nitrogen and oxygen atoms in total. The van der Waals surface area contributed by atoms with Gasteiger partial charge in [-0.15, -0.1) is 11.3 Å². The quantitative estimate of drug-likeness (QED) is 0.259. The van der Waals surface area contributed by atoms with Gasteiger partial charge in [0, 0.05) is 0 Å². The third kappa shape index (κ3) is 3.04. The van der Waals surface area contributed by atoms with Crippen molar-refractivity contribution in [3.63, 3.8) is 0 Å². The molecule has 0 unspecified atom stereocenters. The van der Waals surface area contributed by atoms with E-state index in [4.69, 9.17) is 0 Å². The number of rotatable bonds is 3. The van der Waals surface area contributed by atoms with Crippen LogP contribution in [0, 0.1) is 11.8 Å². The smallest absolute Gasteiger partial charge is 0.380 e. The molecule has 82 valence electrons. The fraction of sp³-hybridized carbons (Fsp3) is 0.182. The normalized spacial score (nSPS) is 8.81. The first-order valence-corrected chi connectivity index (χ1v) is 5.27. The average Bonchev–Trinajstić information content (AvgIpc) is 2.74. The second-order valence-corrected chi connectivity index (χ2v) is 3.68. The second kappa shape index (κ2) is 5.83. The van der Waals surface area contributed by atoms with Crippen molar-refractivity contribution in [3.05, 3.63) is 21.9 Å².